The third-order valence-corrected chi connectivity index (χ3v) is 3.50. The molecule has 0 saturated heterocycles. The lowest BCUT2D eigenvalue weighted by molar-refractivity contribution is -0.117. The van der Waals surface area contributed by atoms with Crippen molar-refractivity contribution in [3.63, 3.8) is 0 Å². The first-order valence-electron chi connectivity index (χ1n) is 4.36. The number of benzene rings is 1. The van der Waals surface area contributed by atoms with E-state index >= 15 is 0 Å². The predicted molar refractivity (Wildman–Crippen MR) is 53.6 cm³/mol. The Morgan fingerprint density at radius 2 is 2.23 bits per heavy atom. The van der Waals surface area contributed by atoms with Crippen LogP contribution < -0.4 is 5.32 Å². The van der Waals surface area contributed by atoms with Crippen LogP contribution in [0.3, 0.4) is 0 Å². The molecule has 1 fully saturated rings. The first kappa shape index (κ1) is 7.56. The number of carbonyl (C=O) groups is 1. The molecule has 1 aromatic carbocycles. The van der Waals surface area contributed by atoms with Crippen molar-refractivity contribution < 1.29 is 4.79 Å². The van der Waals surface area contributed by atoms with Crippen LogP contribution >= 0.6 is 15.9 Å². The molecule has 1 N–H and O–H groups in total. The Morgan fingerprint density at radius 1 is 1.38 bits per heavy atom. The van der Waals surface area contributed by atoms with Crippen molar-refractivity contribution in [3.05, 3.63) is 28.2 Å². The second-order valence-corrected chi connectivity index (χ2v) is 4.49. The van der Waals surface area contributed by atoms with Crippen LogP contribution in [-0.4, -0.2) is 5.91 Å². The highest BCUT2D eigenvalue weighted by molar-refractivity contribution is 9.10. The third-order valence-electron chi connectivity index (χ3n) is 2.81. The monoisotopic (exact) mass is 237 g/mol. The minimum Gasteiger partial charge on any atom is -0.326 e. The van der Waals surface area contributed by atoms with Crippen molar-refractivity contribution in [1.29, 1.82) is 0 Å². The molecule has 3 rings (SSSR count). The van der Waals surface area contributed by atoms with Gasteiger partial charge in [0.05, 0.1) is 0 Å². The lowest BCUT2D eigenvalue weighted by atomic mass is 10.0. The molecule has 2 atom stereocenters. The van der Waals surface area contributed by atoms with Crippen molar-refractivity contribution in [1.82, 2.24) is 0 Å². The van der Waals surface area contributed by atoms with Gasteiger partial charge in [0.1, 0.15) is 0 Å². The van der Waals surface area contributed by atoms with Gasteiger partial charge in [0.25, 0.3) is 0 Å². The van der Waals surface area contributed by atoms with Gasteiger partial charge in [0.2, 0.25) is 5.91 Å². The van der Waals surface area contributed by atoms with Crippen molar-refractivity contribution in [3.8, 4) is 0 Å². The highest BCUT2D eigenvalue weighted by Gasteiger charge is 2.49. The first-order chi connectivity index (χ1) is 6.27. The van der Waals surface area contributed by atoms with Gasteiger partial charge in [-0.25, -0.2) is 0 Å². The minimum atomic E-state index is 0.190. The largest absolute Gasteiger partial charge is 0.326 e. The highest BCUT2D eigenvalue weighted by atomic mass is 79.9. The normalized spacial score (nSPS) is 28.8. The Balaban J connectivity index is 2.20. The van der Waals surface area contributed by atoms with E-state index in [4.69, 9.17) is 0 Å². The topological polar surface area (TPSA) is 29.1 Å². The standard InChI is InChI=1S/C10H8BrNO/c11-7-2-1-3-8-9(7)5-4-6(5)10(13)12-8/h1-3,5-6H,4H2,(H,12,13)/t5-,6+/m1/s1. The van der Waals surface area contributed by atoms with Crippen LogP contribution in [0.2, 0.25) is 0 Å². The zero-order valence-electron chi connectivity index (χ0n) is 6.88. The van der Waals surface area contributed by atoms with E-state index in [1.165, 1.54) is 5.56 Å². The molecule has 1 amide bonds. The van der Waals surface area contributed by atoms with E-state index in [2.05, 4.69) is 21.2 Å². The second-order valence-electron chi connectivity index (χ2n) is 3.64. The number of fused-ring (bicyclic) bond motifs is 3. The maximum Gasteiger partial charge on any atom is 0.228 e. The Hall–Kier alpha value is -0.830. The summed E-state index contributed by atoms with van der Waals surface area (Å²) in [7, 11) is 0. The molecule has 1 saturated carbocycles. The summed E-state index contributed by atoms with van der Waals surface area (Å²) in [5.74, 6) is 0.904. The van der Waals surface area contributed by atoms with Crippen molar-refractivity contribution in [2.24, 2.45) is 5.92 Å². The van der Waals surface area contributed by atoms with Crippen LogP contribution in [0.5, 0.6) is 0 Å². The van der Waals surface area contributed by atoms with E-state index in [0.29, 0.717) is 5.92 Å². The van der Waals surface area contributed by atoms with Gasteiger partial charge in [-0.05, 0) is 30.0 Å². The Kier molecular flexibility index (Phi) is 1.37. The van der Waals surface area contributed by atoms with Crippen molar-refractivity contribution in [2.75, 3.05) is 5.32 Å². The third kappa shape index (κ3) is 0.967. The first-order valence-corrected chi connectivity index (χ1v) is 5.16. The summed E-state index contributed by atoms with van der Waals surface area (Å²) >= 11 is 3.52. The van der Waals surface area contributed by atoms with Gasteiger partial charge < -0.3 is 5.32 Å². The summed E-state index contributed by atoms with van der Waals surface area (Å²) in [5, 5.41) is 2.92. The summed E-state index contributed by atoms with van der Waals surface area (Å²) in [5.41, 5.74) is 2.27. The molecule has 13 heavy (non-hydrogen) atoms. The van der Waals surface area contributed by atoms with Gasteiger partial charge in [0.15, 0.2) is 0 Å². The van der Waals surface area contributed by atoms with Crippen LogP contribution in [0.1, 0.15) is 17.9 Å². The average molecular weight is 238 g/mol. The zero-order valence-corrected chi connectivity index (χ0v) is 8.47. The van der Waals surface area contributed by atoms with Crippen molar-refractivity contribution >= 4 is 27.5 Å². The summed E-state index contributed by atoms with van der Waals surface area (Å²) in [6.45, 7) is 0. The van der Waals surface area contributed by atoms with Crippen LogP contribution in [0, 0.1) is 5.92 Å². The van der Waals surface area contributed by atoms with Gasteiger partial charge in [0, 0.05) is 16.1 Å². The number of rotatable bonds is 0. The minimum absolute atomic E-state index is 0.190. The molecule has 1 aliphatic heterocycles. The second kappa shape index (κ2) is 2.35. The van der Waals surface area contributed by atoms with E-state index < -0.39 is 0 Å². The molecule has 0 bridgehead atoms. The molecule has 1 heterocycles. The van der Waals surface area contributed by atoms with Crippen LogP contribution in [-0.2, 0) is 4.79 Å². The number of amides is 1. The average Bonchev–Trinajstić information content (AvgIpc) is 2.83. The zero-order chi connectivity index (χ0) is 9.00. The molecule has 66 valence electrons. The SMILES string of the molecule is O=C1Nc2cccc(Br)c2[C@@H]2C[C@H]12. The smallest absolute Gasteiger partial charge is 0.228 e. The Labute approximate surface area is 84.5 Å². The summed E-state index contributed by atoms with van der Waals surface area (Å²) in [4.78, 5) is 11.4. The van der Waals surface area contributed by atoms with Crippen LogP contribution in [0.4, 0.5) is 5.69 Å². The number of hydrogen-bond acceptors (Lipinski definition) is 1. The number of anilines is 1. The maximum atomic E-state index is 11.4. The van der Waals surface area contributed by atoms with E-state index in [9.17, 15) is 4.79 Å². The highest BCUT2D eigenvalue weighted by Crippen LogP contribution is 2.55. The van der Waals surface area contributed by atoms with Gasteiger partial charge >= 0.3 is 0 Å². The Bertz CT molecular complexity index is 402. The van der Waals surface area contributed by atoms with Crippen molar-refractivity contribution in [2.45, 2.75) is 12.3 Å². The lowest BCUT2D eigenvalue weighted by Gasteiger charge is -2.16. The van der Waals surface area contributed by atoms with Gasteiger partial charge in [-0.1, -0.05) is 22.0 Å². The predicted octanol–water partition coefficient (Wildman–Crippen LogP) is 2.50. The van der Waals surface area contributed by atoms with Gasteiger partial charge in [-0.2, -0.15) is 0 Å². The fourth-order valence-corrected chi connectivity index (χ4v) is 2.71. The fourth-order valence-electron chi connectivity index (χ4n) is 2.05. The van der Waals surface area contributed by atoms with E-state index in [1.54, 1.807) is 0 Å². The molecule has 2 nitrogen and oxygen atoms in total. The summed E-state index contributed by atoms with van der Waals surface area (Å²) in [6, 6.07) is 5.95. The number of halogens is 1. The van der Waals surface area contributed by atoms with E-state index in [0.717, 1.165) is 16.6 Å². The van der Waals surface area contributed by atoms with Gasteiger partial charge in [-0.3, -0.25) is 4.79 Å². The molecule has 3 heteroatoms. The van der Waals surface area contributed by atoms with Crippen LogP contribution in [0.25, 0.3) is 0 Å². The molecule has 2 aliphatic rings. The molecule has 0 radical (unpaired) electrons. The lowest BCUT2D eigenvalue weighted by Crippen LogP contribution is -2.19. The number of hydrogen-bond donors (Lipinski definition) is 1. The maximum absolute atomic E-state index is 11.4. The molecule has 1 aromatic rings. The summed E-state index contributed by atoms with van der Waals surface area (Å²) < 4.78 is 1.12. The molecule has 0 unspecified atom stereocenters. The molecular formula is C10H8BrNO. The quantitative estimate of drug-likeness (QED) is 0.739. The van der Waals surface area contributed by atoms with Gasteiger partial charge in [-0.15, -0.1) is 0 Å². The fraction of sp³-hybridized carbons (Fsp3) is 0.300. The number of carbonyl (C=O) groups excluding carboxylic acids is 1. The summed E-state index contributed by atoms with van der Waals surface area (Å²) in [6.07, 6.45) is 1.02. The number of nitrogens with one attached hydrogen (secondary N) is 1. The molecule has 0 spiro atoms. The molecular weight excluding hydrogens is 230 g/mol. The Morgan fingerprint density at radius 3 is 3.08 bits per heavy atom. The van der Waals surface area contributed by atoms with E-state index in [-0.39, 0.29) is 11.8 Å². The van der Waals surface area contributed by atoms with E-state index in [1.807, 2.05) is 18.2 Å². The molecule has 1 aliphatic carbocycles. The van der Waals surface area contributed by atoms with Crippen LogP contribution in [0.15, 0.2) is 22.7 Å². The molecule has 0 aromatic heterocycles.